The van der Waals surface area contributed by atoms with Crippen LogP contribution >= 0.6 is 28.1 Å². The van der Waals surface area contributed by atoms with Gasteiger partial charge in [-0.15, -0.1) is 0 Å². The number of carbonyl (C=O) groups is 1. The van der Waals surface area contributed by atoms with Crippen LogP contribution in [0.5, 0.6) is 11.5 Å². The van der Waals surface area contributed by atoms with E-state index in [1.165, 1.54) is 0 Å². The first-order chi connectivity index (χ1) is 15.2. The number of aryl methyl sites for hydroxylation is 2. The van der Waals surface area contributed by atoms with Gasteiger partial charge in [-0.2, -0.15) is 0 Å². The molecule has 8 heteroatoms. The number of benzene rings is 2. The molecule has 0 spiro atoms. The zero-order valence-corrected chi connectivity index (χ0v) is 21.4. The Bertz CT molecular complexity index is 983. The smallest absolute Gasteiger partial charge is 0.262 e. The van der Waals surface area contributed by atoms with E-state index in [9.17, 15) is 4.79 Å². The highest BCUT2D eigenvalue weighted by molar-refractivity contribution is 9.10. The summed E-state index contributed by atoms with van der Waals surface area (Å²) in [6.07, 6.45) is 0.223. The minimum Gasteiger partial charge on any atom is -0.493 e. The van der Waals surface area contributed by atoms with Crippen molar-refractivity contribution in [3.63, 3.8) is 0 Å². The Balaban J connectivity index is 1.71. The summed E-state index contributed by atoms with van der Waals surface area (Å²) in [5, 5.41) is 2.87. The first kappa shape index (κ1) is 24.5. The fourth-order valence-electron chi connectivity index (χ4n) is 3.89. The van der Waals surface area contributed by atoms with Crippen molar-refractivity contribution in [3.8, 4) is 11.5 Å². The summed E-state index contributed by atoms with van der Waals surface area (Å²) >= 11 is 9.30. The third-order valence-corrected chi connectivity index (χ3v) is 6.12. The Morgan fingerprint density at radius 1 is 1.16 bits per heavy atom. The van der Waals surface area contributed by atoms with Crippen molar-refractivity contribution in [2.45, 2.75) is 39.9 Å². The quantitative estimate of drug-likeness (QED) is 0.548. The number of anilines is 1. The van der Waals surface area contributed by atoms with Crippen molar-refractivity contribution in [1.82, 2.24) is 4.90 Å². The summed E-state index contributed by atoms with van der Waals surface area (Å²) in [5.74, 6) is 0.712. The van der Waals surface area contributed by atoms with Gasteiger partial charge in [0.1, 0.15) is 4.99 Å². The fraction of sp³-hybridized carbons (Fsp3) is 0.417. The van der Waals surface area contributed by atoms with Crippen LogP contribution in [0.15, 0.2) is 34.8 Å². The van der Waals surface area contributed by atoms with Crippen LogP contribution in [0.25, 0.3) is 0 Å². The van der Waals surface area contributed by atoms with E-state index in [4.69, 9.17) is 26.4 Å². The summed E-state index contributed by atoms with van der Waals surface area (Å²) in [7, 11) is 1.57. The van der Waals surface area contributed by atoms with Gasteiger partial charge in [-0.05, 0) is 79.0 Å². The van der Waals surface area contributed by atoms with Gasteiger partial charge in [-0.1, -0.05) is 18.3 Å². The van der Waals surface area contributed by atoms with E-state index in [0.29, 0.717) is 16.0 Å². The number of ether oxygens (including phenoxy) is 3. The highest BCUT2D eigenvalue weighted by Gasteiger charge is 2.25. The van der Waals surface area contributed by atoms with Gasteiger partial charge in [-0.3, -0.25) is 4.79 Å². The summed E-state index contributed by atoms with van der Waals surface area (Å²) in [6, 6.07) is 9.63. The number of carbonyl (C=O) groups excluding carboxylic acids is 1. The number of halogens is 1. The molecular formula is C24H29BrN2O4S. The lowest BCUT2D eigenvalue weighted by Crippen LogP contribution is -2.47. The molecule has 0 saturated carbocycles. The maximum absolute atomic E-state index is 12.4. The molecule has 0 aliphatic carbocycles. The van der Waals surface area contributed by atoms with Crippen molar-refractivity contribution in [2.75, 3.05) is 32.1 Å². The van der Waals surface area contributed by atoms with Crippen molar-refractivity contribution in [3.05, 3.63) is 51.5 Å². The largest absolute Gasteiger partial charge is 0.493 e. The van der Waals surface area contributed by atoms with E-state index in [0.717, 1.165) is 40.5 Å². The molecule has 1 aliphatic heterocycles. The van der Waals surface area contributed by atoms with E-state index in [1.54, 1.807) is 7.11 Å². The molecule has 2 aromatic carbocycles. The van der Waals surface area contributed by atoms with Crippen molar-refractivity contribution < 1.29 is 19.0 Å². The minimum absolute atomic E-state index is 0.111. The number of hydrogen-bond acceptors (Lipinski definition) is 5. The second-order valence-electron chi connectivity index (χ2n) is 8.17. The predicted molar refractivity (Wildman–Crippen MR) is 134 cm³/mol. The lowest BCUT2D eigenvalue weighted by Gasteiger charge is -2.37. The maximum atomic E-state index is 12.4. The zero-order valence-electron chi connectivity index (χ0n) is 19.0. The molecule has 0 unspecified atom stereocenters. The van der Waals surface area contributed by atoms with Crippen molar-refractivity contribution >= 4 is 44.7 Å². The topological polar surface area (TPSA) is 60.0 Å². The summed E-state index contributed by atoms with van der Waals surface area (Å²) in [5.41, 5.74) is 3.76. The molecule has 0 bridgehead atoms. The minimum atomic E-state index is -0.250. The molecule has 1 saturated heterocycles. The van der Waals surface area contributed by atoms with Crippen LogP contribution in [0.2, 0.25) is 0 Å². The Morgan fingerprint density at radius 3 is 2.38 bits per heavy atom. The fourth-order valence-corrected chi connectivity index (χ4v) is 4.71. The lowest BCUT2D eigenvalue weighted by atomic mass is 10.1. The van der Waals surface area contributed by atoms with Crippen LogP contribution in [0.3, 0.4) is 0 Å². The van der Waals surface area contributed by atoms with Gasteiger partial charge in [0.05, 0.1) is 23.8 Å². The van der Waals surface area contributed by atoms with Gasteiger partial charge in [0.25, 0.3) is 5.91 Å². The molecule has 1 N–H and O–H groups in total. The molecule has 1 aliphatic rings. The van der Waals surface area contributed by atoms with Crippen LogP contribution in [0, 0.1) is 13.8 Å². The number of methoxy groups -OCH3 is 1. The molecular weight excluding hydrogens is 492 g/mol. The molecule has 3 rings (SSSR count). The molecule has 1 heterocycles. The number of hydrogen-bond donors (Lipinski definition) is 1. The number of nitrogens with zero attached hydrogens (tertiary/aromatic N) is 1. The molecule has 0 aromatic heterocycles. The number of rotatable bonds is 6. The number of thiocarbonyl (C=S) groups is 1. The maximum Gasteiger partial charge on any atom is 0.262 e. The summed E-state index contributed by atoms with van der Waals surface area (Å²) in [4.78, 5) is 15.3. The first-order valence-corrected chi connectivity index (χ1v) is 11.7. The van der Waals surface area contributed by atoms with E-state index in [2.05, 4.69) is 32.2 Å². The highest BCUT2D eigenvalue weighted by Crippen LogP contribution is 2.37. The van der Waals surface area contributed by atoms with Crippen molar-refractivity contribution in [1.29, 1.82) is 0 Å². The normalized spacial score (nSPS) is 18.2. The van der Waals surface area contributed by atoms with Crippen LogP contribution in [0.1, 0.15) is 30.5 Å². The summed E-state index contributed by atoms with van der Waals surface area (Å²) < 4.78 is 17.8. The molecule has 32 heavy (non-hydrogen) atoms. The highest BCUT2D eigenvalue weighted by atomic mass is 79.9. The van der Waals surface area contributed by atoms with Gasteiger partial charge >= 0.3 is 0 Å². The Hall–Kier alpha value is -2.16. The lowest BCUT2D eigenvalue weighted by molar-refractivity contribution is -0.118. The number of amides is 1. The van der Waals surface area contributed by atoms with Crippen LogP contribution in [-0.4, -0.2) is 54.8 Å². The van der Waals surface area contributed by atoms with Gasteiger partial charge in [0, 0.05) is 24.3 Å². The van der Waals surface area contributed by atoms with E-state index >= 15 is 0 Å². The monoisotopic (exact) mass is 520 g/mol. The Kier molecular flexibility index (Phi) is 8.14. The average molecular weight is 521 g/mol. The average Bonchev–Trinajstić information content (AvgIpc) is 2.70. The standard InChI is InChI=1S/C24H29BrN2O4S/c1-14-6-15(2)8-19(7-14)26-22(28)13-30-23-20(25)9-18(10-21(23)29-5)24(32)27-11-16(3)31-17(4)12-27/h6-10,16-17H,11-13H2,1-5H3,(H,26,28)/t16-,17-/m0/s1. The van der Waals surface area contributed by atoms with Gasteiger partial charge < -0.3 is 24.4 Å². The van der Waals surface area contributed by atoms with E-state index in [-0.39, 0.29) is 24.7 Å². The Morgan fingerprint density at radius 2 is 1.78 bits per heavy atom. The van der Waals surface area contributed by atoms with E-state index in [1.807, 2.05) is 52.0 Å². The van der Waals surface area contributed by atoms with Crippen LogP contribution in [0.4, 0.5) is 5.69 Å². The third kappa shape index (κ3) is 6.21. The van der Waals surface area contributed by atoms with Crippen molar-refractivity contribution in [2.24, 2.45) is 0 Å². The van der Waals surface area contributed by atoms with Crippen LogP contribution in [-0.2, 0) is 9.53 Å². The van der Waals surface area contributed by atoms with Gasteiger partial charge in [0.15, 0.2) is 18.1 Å². The second-order valence-corrected chi connectivity index (χ2v) is 9.41. The molecule has 1 fully saturated rings. The van der Waals surface area contributed by atoms with E-state index < -0.39 is 0 Å². The second kappa shape index (κ2) is 10.6. The summed E-state index contributed by atoms with van der Waals surface area (Å²) in [6.45, 7) is 9.39. The number of morpholine rings is 1. The predicted octanol–water partition coefficient (Wildman–Crippen LogP) is 4.88. The molecule has 172 valence electrons. The van der Waals surface area contributed by atoms with Gasteiger partial charge in [0.2, 0.25) is 0 Å². The number of nitrogens with one attached hydrogen (secondary N) is 1. The molecule has 0 radical (unpaired) electrons. The molecule has 1 amide bonds. The Labute approximate surface area is 203 Å². The molecule has 6 nitrogen and oxygen atoms in total. The molecule has 2 aromatic rings. The molecule has 2 atom stereocenters. The third-order valence-electron chi connectivity index (χ3n) is 5.04. The van der Waals surface area contributed by atoms with Gasteiger partial charge in [-0.25, -0.2) is 0 Å². The SMILES string of the molecule is COc1cc(C(=S)N2C[C@H](C)O[C@@H](C)C2)cc(Br)c1OCC(=O)Nc1cc(C)cc(C)c1. The van der Waals surface area contributed by atoms with Crippen LogP contribution < -0.4 is 14.8 Å². The zero-order chi connectivity index (χ0) is 23.4. The first-order valence-electron chi connectivity index (χ1n) is 10.5.